The average molecular weight is 354 g/mol. The van der Waals surface area contributed by atoms with Crippen LogP contribution in [0.2, 0.25) is 0 Å². The van der Waals surface area contributed by atoms with Gasteiger partial charge in [0.15, 0.2) is 0 Å². The summed E-state index contributed by atoms with van der Waals surface area (Å²) >= 11 is 0. The Morgan fingerprint density at radius 1 is 1.29 bits per heavy atom. The van der Waals surface area contributed by atoms with Crippen molar-refractivity contribution in [3.63, 3.8) is 0 Å². The Balaban J connectivity index is 1.95. The predicted octanol–water partition coefficient (Wildman–Crippen LogP) is 1.07. The number of halogens is 1. The standard InChI is InChI=1S/C15H19FN4O3S/c1-9-6-12(16)4-5-14(9)24(22,23)18-8-15(21)17-7-13-10(2)19-20-11(13)3/h4-6,18H,7-8H2,1-3H3,(H,17,21)(H,19,20). The van der Waals surface area contributed by atoms with E-state index in [-0.39, 0.29) is 17.0 Å². The van der Waals surface area contributed by atoms with Crippen LogP contribution in [0.4, 0.5) is 4.39 Å². The molecule has 130 valence electrons. The SMILES string of the molecule is Cc1cc(F)ccc1S(=O)(=O)NCC(=O)NCc1c(C)n[nH]c1C. The molecule has 9 heteroatoms. The van der Waals surface area contributed by atoms with Crippen LogP contribution in [0.5, 0.6) is 0 Å². The zero-order chi connectivity index (χ0) is 17.9. The summed E-state index contributed by atoms with van der Waals surface area (Å²) in [6, 6.07) is 3.36. The summed E-state index contributed by atoms with van der Waals surface area (Å²) in [5, 5.41) is 9.45. The van der Waals surface area contributed by atoms with Gasteiger partial charge in [0.05, 0.1) is 17.1 Å². The molecule has 2 aromatic rings. The topological polar surface area (TPSA) is 104 Å². The van der Waals surface area contributed by atoms with Gasteiger partial charge in [-0.15, -0.1) is 0 Å². The first kappa shape index (κ1) is 18.1. The first-order chi connectivity index (χ1) is 11.2. The molecule has 0 saturated carbocycles. The first-order valence-corrected chi connectivity index (χ1v) is 8.72. The number of nitrogens with one attached hydrogen (secondary N) is 3. The summed E-state index contributed by atoms with van der Waals surface area (Å²) in [6.45, 7) is 4.98. The number of nitrogens with zero attached hydrogens (tertiary/aromatic N) is 1. The third-order valence-electron chi connectivity index (χ3n) is 3.59. The van der Waals surface area contributed by atoms with Crippen LogP contribution >= 0.6 is 0 Å². The molecule has 0 spiro atoms. The summed E-state index contributed by atoms with van der Waals surface area (Å²) in [5.74, 6) is -0.992. The number of hydrogen-bond donors (Lipinski definition) is 3. The van der Waals surface area contributed by atoms with Gasteiger partial charge in [0, 0.05) is 17.8 Å². The number of benzene rings is 1. The zero-order valence-electron chi connectivity index (χ0n) is 13.6. The quantitative estimate of drug-likeness (QED) is 0.722. The fourth-order valence-electron chi connectivity index (χ4n) is 2.24. The minimum atomic E-state index is -3.89. The second-order valence-electron chi connectivity index (χ2n) is 5.42. The minimum absolute atomic E-state index is 0.0572. The smallest absolute Gasteiger partial charge is 0.241 e. The lowest BCUT2D eigenvalue weighted by molar-refractivity contribution is -0.120. The Labute approximate surface area is 139 Å². The lowest BCUT2D eigenvalue weighted by Crippen LogP contribution is -2.37. The first-order valence-electron chi connectivity index (χ1n) is 7.23. The lowest BCUT2D eigenvalue weighted by Gasteiger charge is -2.10. The summed E-state index contributed by atoms with van der Waals surface area (Å²) in [5.41, 5.74) is 2.75. The van der Waals surface area contributed by atoms with Crippen LogP contribution < -0.4 is 10.0 Å². The fourth-order valence-corrected chi connectivity index (χ4v) is 3.44. The van der Waals surface area contributed by atoms with E-state index < -0.39 is 28.3 Å². The highest BCUT2D eigenvalue weighted by atomic mass is 32.2. The number of aryl methyl sites for hydroxylation is 3. The van der Waals surface area contributed by atoms with E-state index in [1.165, 1.54) is 13.0 Å². The van der Waals surface area contributed by atoms with Gasteiger partial charge in [0.1, 0.15) is 5.82 Å². The van der Waals surface area contributed by atoms with Crippen molar-refractivity contribution in [1.82, 2.24) is 20.2 Å². The summed E-state index contributed by atoms with van der Waals surface area (Å²) in [4.78, 5) is 11.8. The van der Waals surface area contributed by atoms with Gasteiger partial charge < -0.3 is 5.32 Å². The number of carbonyl (C=O) groups excluding carboxylic acids is 1. The maximum Gasteiger partial charge on any atom is 0.241 e. The predicted molar refractivity (Wildman–Crippen MR) is 86.2 cm³/mol. The molecule has 0 bridgehead atoms. The average Bonchev–Trinajstić information content (AvgIpc) is 2.81. The maximum absolute atomic E-state index is 13.1. The normalized spacial score (nSPS) is 11.5. The molecule has 0 fully saturated rings. The molecule has 0 aliphatic carbocycles. The van der Waals surface area contributed by atoms with Crippen molar-refractivity contribution in [1.29, 1.82) is 0 Å². The van der Waals surface area contributed by atoms with Gasteiger partial charge in [-0.3, -0.25) is 9.89 Å². The van der Waals surface area contributed by atoms with E-state index in [1.54, 1.807) is 0 Å². The van der Waals surface area contributed by atoms with Crippen molar-refractivity contribution in [3.8, 4) is 0 Å². The largest absolute Gasteiger partial charge is 0.351 e. The molecule has 1 heterocycles. The van der Waals surface area contributed by atoms with Crippen molar-refractivity contribution < 1.29 is 17.6 Å². The van der Waals surface area contributed by atoms with Gasteiger partial charge in [-0.2, -0.15) is 5.10 Å². The molecule has 1 aromatic heterocycles. The van der Waals surface area contributed by atoms with Crippen molar-refractivity contribution in [2.45, 2.75) is 32.2 Å². The number of H-pyrrole nitrogens is 1. The van der Waals surface area contributed by atoms with E-state index >= 15 is 0 Å². The molecule has 24 heavy (non-hydrogen) atoms. The number of sulfonamides is 1. The molecule has 1 aromatic carbocycles. The van der Waals surface area contributed by atoms with Crippen LogP contribution in [0.3, 0.4) is 0 Å². The molecule has 3 N–H and O–H groups in total. The molecule has 0 aliphatic heterocycles. The third kappa shape index (κ3) is 4.18. The highest BCUT2D eigenvalue weighted by Crippen LogP contribution is 2.15. The van der Waals surface area contributed by atoms with Crippen LogP contribution in [0.15, 0.2) is 23.1 Å². The molecule has 2 rings (SSSR count). The highest BCUT2D eigenvalue weighted by Gasteiger charge is 2.18. The second kappa shape index (κ2) is 7.10. The monoisotopic (exact) mass is 354 g/mol. The summed E-state index contributed by atoms with van der Waals surface area (Å²) < 4.78 is 39.6. The van der Waals surface area contributed by atoms with Gasteiger partial charge in [-0.1, -0.05) is 0 Å². The third-order valence-corrected chi connectivity index (χ3v) is 5.15. The van der Waals surface area contributed by atoms with Crippen LogP contribution in [0.25, 0.3) is 0 Å². The molecule has 7 nitrogen and oxygen atoms in total. The number of amides is 1. The second-order valence-corrected chi connectivity index (χ2v) is 7.16. The van der Waals surface area contributed by atoms with Crippen molar-refractivity contribution in [2.24, 2.45) is 0 Å². The summed E-state index contributed by atoms with van der Waals surface area (Å²) in [7, 11) is -3.89. The number of rotatable bonds is 6. The number of carbonyl (C=O) groups is 1. The van der Waals surface area contributed by atoms with Crippen LogP contribution in [0, 0.1) is 26.6 Å². The van der Waals surface area contributed by atoms with Crippen LogP contribution in [-0.4, -0.2) is 31.1 Å². The number of aromatic nitrogens is 2. The molecule has 1 amide bonds. The molecule has 0 saturated heterocycles. The highest BCUT2D eigenvalue weighted by molar-refractivity contribution is 7.89. The Bertz CT molecular complexity index is 842. The number of aromatic amines is 1. The van der Waals surface area contributed by atoms with Crippen LogP contribution in [-0.2, 0) is 21.4 Å². The fraction of sp³-hybridized carbons (Fsp3) is 0.333. The van der Waals surface area contributed by atoms with Gasteiger partial charge in [0.2, 0.25) is 15.9 Å². The van der Waals surface area contributed by atoms with Gasteiger partial charge in [-0.05, 0) is 44.5 Å². The van der Waals surface area contributed by atoms with E-state index in [0.717, 1.165) is 29.1 Å². The van der Waals surface area contributed by atoms with E-state index in [0.29, 0.717) is 0 Å². The van der Waals surface area contributed by atoms with Crippen molar-refractivity contribution in [3.05, 3.63) is 46.5 Å². The maximum atomic E-state index is 13.1. The zero-order valence-corrected chi connectivity index (χ0v) is 14.4. The van der Waals surface area contributed by atoms with E-state index in [9.17, 15) is 17.6 Å². The molecule has 0 atom stereocenters. The Kier molecular flexibility index (Phi) is 5.35. The van der Waals surface area contributed by atoms with Crippen molar-refractivity contribution >= 4 is 15.9 Å². The Morgan fingerprint density at radius 2 is 2.00 bits per heavy atom. The Morgan fingerprint density at radius 3 is 2.58 bits per heavy atom. The van der Waals surface area contributed by atoms with E-state index in [2.05, 4.69) is 20.2 Å². The number of hydrogen-bond acceptors (Lipinski definition) is 4. The molecule has 0 radical (unpaired) electrons. The van der Waals surface area contributed by atoms with Crippen molar-refractivity contribution in [2.75, 3.05) is 6.54 Å². The lowest BCUT2D eigenvalue weighted by atomic mass is 10.2. The molecular formula is C15H19FN4O3S. The molecule has 0 unspecified atom stereocenters. The summed E-state index contributed by atoms with van der Waals surface area (Å²) in [6.07, 6.45) is 0. The van der Waals surface area contributed by atoms with Crippen LogP contribution in [0.1, 0.15) is 22.5 Å². The Hall–Kier alpha value is -2.26. The molecular weight excluding hydrogens is 335 g/mol. The van der Waals surface area contributed by atoms with E-state index in [1.807, 2.05) is 13.8 Å². The minimum Gasteiger partial charge on any atom is -0.351 e. The molecule has 0 aliphatic rings. The van der Waals surface area contributed by atoms with Gasteiger partial charge in [-0.25, -0.2) is 17.5 Å². The van der Waals surface area contributed by atoms with Gasteiger partial charge in [0.25, 0.3) is 0 Å². The van der Waals surface area contributed by atoms with E-state index in [4.69, 9.17) is 0 Å². The van der Waals surface area contributed by atoms with Gasteiger partial charge >= 0.3 is 0 Å².